The van der Waals surface area contributed by atoms with Crippen molar-refractivity contribution in [3.63, 3.8) is 0 Å². The van der Waals surface area contributed by atoms with Gasteiger partial charge in [-0.3, -0.25) is 4.98 Å². The molecule has 1 fully saturated rings. The number of amides is 1. The molecule has 5 nitrogen and oxygen atoms in total. The molecule has 0 aliphatic carbocycles. The molecular formula is C14H20FN3O2. The summed E-state index contributed by atoms with van der Waals surface area (Å²) in [5.74, 6) is 0. The third kappa shape index (κ3) is 3.90. The van der Waals surface area contributed by atoms with Gasteiger partial charge >= 0.3 is 6.09 Å². The van der Waals surface area contributed by atoms with E-state index in [1.807, 2.05) is 6.07 Å². The highest BCUT2D eigenvalue weighted by Crippen LogP contribution is 2.35. The lowest BCUT2D eigenvalue weighted by atomic mass is 9.89. The van der Waals surface area contributed by atoms with Gasteiger partial charge in [0.15, 0.2) is 5.67 Å². The fourth-order valence-corrected chi connectivity index (χ4v) is 2.51. The number of hydrogen-bond acceptors (Lipinski definition) is 3. The second kappa shape index (κ2) is 6.65. The maximum atomic E-state index is 14.8. The van der Waals surface area contributed by atoms with Gasteiger partial charge in [-0.2, -0.15) is 0 Å². The summed E-state index contributed by atoms with van der Waals surface area (Å²) in [5, 5.41) is 10.8. The fourth-order valence-electron chi connectivity index (χ4n) is 2.51. The van der Waals surface area contributed by atoms with Crippen molar-refractivity contribution in [1.82, 2.24) is 15.2 Å². The van der Waals surface area contributed by atoms with Gasteiger partial charge in [0.1, 0.15) is 0 Å². The van der Waals surface area contributed by atoms with E-state index in [4.69, 9.17) is 5.11 Å². The first-order valence-electron chi connectivity index (χ1n) is 6.90. The van der Waals surface area contributed by atoms with Crippen molar-refractivity contribution in [3.8, 4) is 0 Å². The molecule has 1 aliphatic rings. The summed E-state index contributed by atoms with van der Waals surface area (Å²) in [4.78, 5) is 16.6. The number of halogens is 1. The molecule has 0 unspecified atom stereocenters. The maximum Gasteiger partial charge on any atom is 0.404 e. The first-order chi connectivity index (χ1) is 9.60. The third-order valence-corrected chi connectivity index (χ3v) is 3.70. The van der Waals surface area contributed by atoms with Crippen molar-refractivity contribution >= 4 is 6.09 Å². The Morgan fingerprint density at radius 3 is 2.80 bits per heavy atom. The predicted octanol–water partition coefficient (Wildman–Crippen LogP) is 2.00. The highest BCUT2D eigenvalue weighted by molar-refractivity contribution is 5.64. The summed E-state index contributed by atoms with van der Waals surface area (Å²) in [7, 11) is 0. The zero-order valence-corrected chi connectivity index (χ0v) is 11.4. The first kappa shape index (κ1) is 14.7. The van der Waals surface area contributed by atoms with E-state index >= 15 is 0 Å². The highest BCUT2D eigenvalue weighted by Gasteiger charge is 2.37. The number of hydrogen-bond donors (Lipinski definition) is 2. The summed E-state index contributed by atoms with van der Waals surface area (Å²) in [6.45, 7) is 2.59. The van der Waals surface area contributed by atoms with E-state index in [1.54, 1.807) is 18.3 Å². The molecular weight excluding hydrogens is 261 g/mol. The Morgan fingerprint density at radius 2 is 2.20 bits per heavy atom. The van der Waals surface area contributed by atoms with E-state index in [0.29, 0.717) is 38.2 Å². The van der Waals surface area contributed by atoms with E-state index in [9.17, 15) is 9.18 Å². The Kier molecular flexibility index (Phi) is 4.89. The van der Waals surface area contributed by atoms with Crippen LogP contribution in [0.25, 0.3) is 0 Å². The van der Waals surface area contributed by atoms with Crippen LogP contribution in [0.2, 0.25) is 0 Å². The second-order valence-corrected chi connectivity index (χ2v) is 5.11. The van der Waals surface area contributed by atoms with Crippen molar-refractivity contribution < 1.29 is 14.3 Å². The van der Waals surface area contributed by atoms with Gasteiger partial charge in [-0.15, -0.1) is 0 Å². The van der Waals surface area contributed by atoms with Gasteiger partial charge in [0.2, 0.25) is 0 Å². The minimum absolute atomic E-state index is 0.437. The Hall–Kier alpha value is -1.69. The zero-order chi connectivity index (χ0) is 14.4. The molecule has 1 amide bonds. The van der Waals surface area contributed by atoms with Crippen molar-refractivity contribution in [2.75, 3.05) is 26.2 Å². The van der Waals surface area contributed by atoms with Crippen LogP contribution in [0.15, 0.2) is 24.4 Å². The molecule has 2 heterocycles. The van der Waals surface area contributed by atoms with Crippen molar-refractivity contribution in [1.29, 1.82) is 0 Å². The Balaban J connectivity index is 1.76. The van der Waals surface area contributed by atoms with Crippen LogP contribution in [0.1, 0.15) is 25.0 Å². The van der Waals surface area contributed by atoms with Crippen LogP contribution in [-0.4, -0.2) is 47.3 Å². The number of piperidine rings is 1. The quantitative estimate of drug-likeness (QED) is 0.810. The standard InChI is InChI=1S/C14H20FN3O2/c15-14(12-4-1-2-7-16-12)5-10-18(11-6-14)9-3-8-17-13(19)20/h1-2,4,7,17H,3,5-6,8-11H2,(H,19,20). The molecule has 1 aliphatic heterocycles. The monoisotopic (exact) mass is 281 g/mol. The minimum Gasteiger partial charge on any atom is -0.465 e. The smallest absolute Gasteiger partial charge is 0.404 e. The number of alkyl halides is 1. The topological polar surface area (TPSA) is 65.5 Å². The summed E-state index contributed by atoms with van der Waals surface area (Å²) in [5.41, 5.74) is -0.802. The molecule has 0 spiro atoms. The summed E-state index contributed by atoms with van der Waals surface area (Å²) >= 11 is 0. The second-order valence-electron chi connectivity index (χ2n) is 5.11. The van der Waals surface area contributed by atoms with Crippen LogP contribution < -0.4 is 5.32 Å². The Morgan fingerprint density at radius 1 is 1.45 bits per heavy atom. The molecule has 0 bridgehead atoms. The third-order valence-electron chi connectivity index (χ3n) is 3.70. The van der Waals surface area contributed by atoms with E-state index < -0.39 is 11.8 Å². The predicted molar refractivity (Wildman–Crippen MR) is 73.3 cm³/mol. The number of nitrogens with one attached hydrogen (secondary N) is 1. The minimum atomic E-state index is -1.32. The van der Waals surface area contributed by atoms with E-state index in [2.05, 4.69) is 15.2 Å². The maximum absolute atomic E-state index is 14.8. The molecule has 0 radical (unpaired) electrons. The lowest BCUT2D eigenvalue weighted by molar-refractivity contribution is 0.0520. The largest absolute Gasteiger partial charge is 0.465 e. The number of pyridine rings is 1. The van der Waals surface area contributed by atoms with Crippen molar-refractivity contribution in [2.24, 2.45) is 0 Å². The number of aromatic nitrogens is 1. The molecule has 6 heteroatoms. The SMILES string of the molecule is O=C(O)NCCCN1CCC(F)(c2ccccn2)CC1. The molecule has 0 saturated carbocycles. The van der Waals surface area contributed by atoms with Crippen LogP contribution in [0.4, 0.5) is 9.18 Å². The normalized spacial score (nSPS) is 18.6. The van der Waals surface area contributed by atoms with Gasteiger partial charge in [-0.1, -0.05) is 6.07 Å². The highest BCUT2D eigenvalue weighted by atomic mass is 19.1. The van der Waals surface area contributed by atoms with Crippen molar-refractivity contribution in [3.05, 3.63) is 30.1 Å². The van der Waals surface area contributed by atoms with Gasteiger partial charge in [0.25, 0.3) is 0 Å². The number of rotatable bonds is 5. The Labute approximate surface area is 117 Å². The average Bonchev–Trinajstić information content (AvgIpc) is 2.46. The molecule has 0 aromatic carbocycles. The molecule has 110 valence electrons. The van der Waals surface area contributed by atoms with Crippen LogP contribution >= 0.6 is 0 Å². The number of carbonyl (C=O) groups is 1. The number of likely N-dealkylation sites (tertiary alicyclic amines) is 1. The lowest BCUT2D eigenvalue weighted by Gasteiger charge is -2.36. The first-order valence-corrected chi connectivity index (χ1v) is 6.90. The summed E-state index contributed by atoms with van der Waals surface area (Å²) in [6.07, 6.45) is 2.25. The molecule has 0 atom stereocenters. The lowest BCUT2D eigenvalue weighted by Crippen LogP contribution is -2.41. The molecule has 2 N–H and O–H groups in total. The molecule has 1 aromatic rings. The van der Waals surface area contributed by atoms with Gasteiger partial charge in [0, 0.05) is 25.8 Å². The van der Waals surface area contributed by atoms with Gasteiger partial charge < -0.3 is 15.3 Å². The zero-order valence-electron chi connectivity index (χ0n) is 11.4. The summed E-state index contributed by atoms with van der Waals surface area (Å²) < 4.78 is 14.8. The van der Waals surface area contributed by atoms with Gasteiger partial charge in [-0.25, -0.2) is 9.18 Å². The van der Waals surface area contributed by atoms with E-state index in [0.717, 1.165) is 13.0 Å². The molecule has 2 rings (SSSR count). The van der Waals surface area contributed by atoms with Gasteiger partial charge in [0.05, 0.1) is 5.69 Å². The van der Waals surface area contributed by atoms with E-state index in [1.165, 1.54) is 0 Å². The molecule has 20 heavy (non-hydrogen) atoms. The number of carboxylic acid groups (broad SMARTS) is 1. The van der Waals surface area contributed by atoms with Crippen molar-refractivity contribution in [2.45, 2.75) is 24.9 Å². The van der Waals surface area contributed by atoms with Gasteiger partial charge in [-0.05, 0) is 37.9 Å². The van der Waals surface area contributed by atoms with Crippen LogP contribution in [0.5, 0.6) is 0 Å². The number of nitrogens with zero attached hydrogens (tertiary/aromatic N) is 2. The molecule has 1 aromatic heterocycles. The fraction of sp³-hybridized carbons (Fsp3) is 0.571. The van der Waals surface area contributed by atoms with Crippen LogP contribution in [0.3, 0.4) is 0 Å². The molecule has 1 saturated heterocycles. The Bertz CT molecular complexity index is 433. The van der Waals surface area contributed by atoms with Crippen LogP contribution in [-0.2, 0) is 5.67 Å². The summed E-state index contributed by atoms with van der Waals surface area (Å²) in [6, 6.07) is 5.34. The van der Waals surface area contributed by atoms with Crippen LogP contribution in [0, 0.1) is 0 Å². The average molecular weight is 281 g/mol. The van der Waals surface area contributed by atoms with E-state index in [-0.39, 0.29) is 0 Å².